The van der Waals surface area contributed by atoms with Gasteiger partial charge in [-0.15, -0.1) is 0 Å². The van der Waals surface area contributed by atoms with E-state index in [-0.39, 0.29) is 18.6 Å². The van der Waals surface area contributed by atoms with Gasteiger partial charge in [-0.1, -0.05) is 13.8 Å². The number of amides is 1. The van der Waals surface area contributed by atoms with Crippen LogP contribution in [0.5, 0.6) is 0 Å². The zero-order chi connectivity index (χ0) is 16.7. The third kappa shape index (κ3) is 8.27. The number of alkyl carbamates (subject to hydrolysis) is 1. The molecule has 5 heteroatoms. The fourth-order valence-corrected chi connectivity index (χ4v) is 1.96. The number of carbonyl (C=O) groups excluding carboxylic acids is 1. The molecule has 21 heavy (non-hydrogen) atoms. The number of nitrogens with one attached hydrogen (secondary N) is 1. The molecule has 0 aliphatic heterocycles. The van der Waals surface area contributed by atoms with Gasteiger partial charge >= 0.3 is 6.09 Å². The molecular weight excluding hydrogens is 270 g/mol. The average molecular weight is 303 g/mol. The van der Waals surface area contributed by atoms with Crippen LogP contribution >= 0.6 is 0 Å². The van der Waals surface area contributed by atoms with E-state index in [1.54, 1.807) is 0 Å². The van der Waals surface area contributed by atoms with Crippen molar-refractivity contribution in [1.29, 1.82) is 0 Å². The number of rotatable bonds is 8. The van der Waals surface area contributed by atoms with Gasteiger partial charge in [0, 0.05) is 18.6 Å². The Bertz CT molecular complexity index is 310. The number of aliphatic hydroxyl groups excluding tert-OH is 1. The second kappa shape index (κ2) is 8.59. The maximum Gasteiger partial charge on any atom is 0.407 e. The Kier molecular flexibility index (Phi) is 8.26. The second-order valence-corrected chi connectivity index (χ2v) is 7.20. The molecule has 1 atom stereocenters. The van der Waals surface area contributed by atoms with Gasteiger partial charge in [0.25, 0.3) is 0 Å². The molecule has 0 fully saturated rings. The molecule has 0 aromatic carbocycles. The van der Waals surface area contributed by atoms with Crippen LogP contribution in [-0.4, -0.2) is 42.7 Å². The molecule has 1 amide bonds. The number of aliphatic hydroxyl groups is 1. The maximum absolute atomic E-state index is 11.8. The SMILES string of the molecule is CC(C)OCCC(CO)(CNC(=O)OC(C)(C)C)C(C)C. The molecule has 2 N–H and O–H groups in total. The maximum atomic E-state index is 11.8. The summed E-state index contributed by atoms with van der Waals surface area (Å²) in [5.74, 6) is 0.216. The van der Waals surface area contributed by atoms with Crippen molar-refractivity contribution in [2.45, 2.75) is 66.6 Å². The summed E-state index contributed by atoms with van der Waals surface area (Å²) < 4.78 is 10.8. The van der Waals surface area contributed by atoms with E-state index in [1.807, 2.05) is 48.5 Å². The van der Waals surface area contributed by atoms with Crippen molar-refractivity contribution in [3.63, 3.8) is 0 Å². The highest BCUT2D eigenvalue weighted by molar-refractivity contribution is 5.67. The van der Waals surface area contributed by atoms with E-state index in [0.29, 0.717) is 19.6 Å². The molecule has 0 spiro atoms. The summed E-state index contributed by atoms with van der Waals surface area (Å²) in [6.07, 6.45) is 0.396. The number of hydrogen-bond acceptors (Lipinski definition) is 4. The third-order valence-electron chi connectivity index (χ3n) is 3.57. The van der Waals surface area contributed by atoms with Crippen LogP contribution in [-0.2, 0) is 9.47 Å². The lowest BCUT2D eigenvalue weighted by atomic mass is 9.75. The molecule has 0 saturated heterocycles. The van der Waals surface area contributed by atoms with Crippen molar-refractivity contribution in [1.82, 2.24) is 5.32 Å². The summed E-state index contributed by atoms with van der Waals surface area (Å²) in [5.41, 5.74) is -0.920. The lowest BCUT2D eigenvalue weighted by Gasteiger charge is -2.36. The van der Waals surface area contributed by atoms with E-state index < -0.39 is 17.1 Å². The summed E-state index contributed by atoms with van der Waals surface area (Å²) >= 11 is 0. The number of ether oxygens (including phenoxy) is 2. The lowest BCUT2D eigenvalue weighted by Crippen LogP contribution is -2.45. The molecule has 0 bridgehead atoms. The molecule has 0 saturated carbocycles. The predicted molar refractivity (Wildman–Crippen MR) is 84.3 cm³/mol. The van der Waals surface area contributed by atoms with Crippen LogP contribution in [0.15, 0.2) is 0 Å². The molecule has 0 aromatic rings. The van der Waals surface area contributed by atoms with E-state index in [1.165, 1.54) is 0 Å². The van der Waals surface area contributed by atoms with E-state index in [2.05, 4.69) is 5.32 Å². The molecule has 0 radical (unpaired) electrons. The molecule has 0 rings (SSSR count). The van der Waals surface area contributed by atoms with Gasteiger partial charge in [-0.25, -0.2) is 4.79 Å². The largest absolute Gasteiger partial charge is 0.444 e. The zero-order valence-electron chi connectivity index (χ0n) is 14.7. The van der Waals surface area contributed by atoms with Crippen LogP contribution in [0.1, 0.15) is 54.9 Å². The van der Waals surface area contributed by atoms with Crippen LogP contribution in [0.4, 0.5) is 4.79 Å². The average Bonchev–Trinajstić information content (AvgIpc) is 2.30. The smallest absolute Gasteiger partial charge is 0.407 e. The van der Waals surface area contributed by atoms with Gasteiger partial charge in [-0.3, -0.25) is 0 Å². The fourth-order valence-electron chi connectivity index (χ4n) is 1.96. The minimum atomic E-state index is -0.523. The van der Waals surface area contributed by atoms with Crippen molar-refractivity contribution < 1.29 is 19.4 Å². The van der Waals surface area contributed by atoms with E-state index in [9.17, 15) is 9.90 Å². The molecule has 0 heterocycles. The highest BCUT2D eigenvalue weighted by Gasteiger charge is 2.34. The first-order chi connectivity index (χ1) is 9.52. The summed E-state index contributed by atoms with van der Waals surface area (Å²) in [5, 5.41) is 12.6. The molecule has 1 unspecified atom stereocenters. The van der Waals surface area contributed by atoms with Gasteiger partial charge in [0.2, 0.25) is 0 Å². The van der Waals surface area contributed by atoms with Gasteiger partial charge in [0.15, 0.2) is 0 Å². The van der Waals surface area contributed by atoms with Crippen LogP contribution in [0, 0.1) is 11.3 Å². The van der Waals surface area contributed by atoms with Crippen molar-refractivity contribution in [2.24, 2.45) is 11.3 Å². The third-order valence-corrected chi connectivity index (χ3v) is 3.57. The van der Waals surface area contributed by atoms with Crippen molar-refractivity contribution >= 4 is 6.09 Å². The Morgan fingerprint density at radius 3 is 2.14 bits per heavy atom. The Balaban J connectivity index is 4.58. The molecular formula is C16H33NO4. The minimum Gasteiger partial charge on any atom is -0.444 e. The van der Waals surface area contributed by atoms with Crippen LogP contribution in [0.2, 0.25) is 0 Å². The van der Waals surface area contributed by atoms with E-state index in [4.69, 9.17) is 9.47 Å². The van der Waals surface area contributed by atoms with E-state index >= 15 is 0 Å². The fraction of sp³-hybridized carbons (Fsp3) is 0.938. The van der Waals surface area contributed by atoms with Crippen molar-refractivity contribution in [3.8, 4) is 0 Å². The molecule has 0 aliphatic carbocycles. The number of carbonyl (C=O) groups is 1. The minimum absolute atomic E-state index is 0.00190. The molecule has 5 nitrogen and oxygen atoms in total. The van der Waals surface area contributed by atoms with E-state index in [0.717, 1.165) is 0 Å². The first-order valence-electron chi connectivity index (χ1n) is 7.72. The van der Waals surface area contributed by atoms with Crippen LogP contribution in [0.25, 0.3) is 0 Å². The Hall–Kier alpha value is -0.810. The predicted octanol–water partition coefficient (Wildman–Crippen LogP) is 2.96. The monoisotopic (exact) mass is 303 g/mol. The van der Waals surface area contributed by atoms with Gasteiger partial charge in [0.1, 0.15) is 5.60 Å². The topological polar surface area (TPSA) is 67.8 Å². The quantitative estimate of drug-likeness (QED) is 0.723. The second-order valence-electron chi connectivity index (χ2n) is 7.20. The summed E-state index contributed by atoms with van der Waals surface area (Å²) in [6.45, 7) is 14.5. The lowest BCUT2D eigenvalue weighted by molar-refractivity contribution is 0.00384. The Labute approximate surface area is 129 Å². The Morgan fingerprint density at radius 2 is 1.76 bits per heavy atom. The molecule has 0 aromatic heterocycles. The molecule has 126 valence electrons. The highest BCUT2D eigenvalue weighted by atomic mass is 16.6. The van der Waals surface area contributed by atoms with Crippen molar-refractivity contribution in [3.05, 3.63) is 0 Å². The number of hydrogen-bond donors (Lipinski definition) is 2. The van der Waals surface area contributed by atoms with Gasteiger partial charge in [-0.2, -0.15) is 0 Å². The normalized spacial score (nSPS) is 15.1. The van der Waals surface area contributed by atoms with Crippen LogP contribution < -0.4 is 5.32 Å². The van der Waals surface area contributed by atoms with Gasteiger partial charge < -0.3 is 19.9 Å². The van der Waals surface area contributed by atoms with Crippen molar-refractivity contribution in [2.75, 3.05) is 19.8 Å². The van der Waals surface area contributed by atoms with Crippen LogP contribution in [0.3, 0.4) is 0 Å². The summed E-state index contributed by atoms with van der Waals surface area (Å²) in [6, 6.07) is 0. The van der Waals surface area contributed by atoms with Gasteiger partial charge in [-0.05, 0) is 47.0 Å². The highest BCUT2D eigenvalue weighted by Crippen LogP contribution is 2.30. The summed E-state index contributed by atoms with van der Waals surface area (Å²) in [4.78, 5) is 11.8. The standard InChI is InChI=1S/C16H33NO4/c1-12(2)16(11-18,8-9-20-13(3)4)10-17-14(19)21-15(5,6)7/h12-13,18H,8-11H2,1-7H3,(H,17,19). The first-order valence-corrected chi connectivity index (χ1v) is 7.72. The first kappa shape index (κ1) is 20.2. The summed E-state index contributed by atoms with van der Waals surface area (Å²) in [7, 11) is 0. The molecule has 0 aliphatic rings. The Morgan fingerprint density at radius 1 is 1.19 bits per heavy atom. The zero-order valence-corrected chi connectivity index (χ0v) is 14.7. The van der Waals surface area contributed by atoms with Gasteiger partial charge in [0.05, 0.1) is 12.7 Å².